The Kier molecular flexibility index (Phi) is 7.45. The van der Waals surface area contributed by atoms with Crippen LogP contribution in [0.3, 0.4) is 0 Å². The average molecular weight is 313 g/mol. The van der Waals surface area contributed by atoms with Gasteiger partial charge in [-0.05, 0) is 26.2 Å². The fourth-order valence-corrected chi connectivity index (χ4v) is 1.77. The number of hydrogen-bond acceptors (Lipinski definition) is 5. The molecule has 0 N–H and O–H groups in total. The molecule has 0 aliphatic heterocycles. The minimum atomic E-state index is -0.112. The monoisotopic (exact) mass is 313 g/mol. The molecule has 0 amide bonds. The van der Waals surface area contributed by atoms with Crippen molar-refractivity contribution in [3.63, 3.8) is 0 Å². The van der Waals surface area contributed by atoms with Crippen LogP contribution in [0.2, 0.25) is 0 Å². The average Bonchev–Trinajstić information content (AvgIpc) is 2.76. The van der Waals surface area contributed by atoms with Gasteiger partial charge in [-0.15, -0.1) is 5.10 Å². The van der Waals surface area contributed by atoms with Gasteiger partial charge in [0.1, 0.15) is 5.69 Å². The molecule has 0 atom stereocenters. The van der Waals surface area contributed by atoms with Gasteiger partial charge in [-0.3, -0.25) is 4.68 Å². The van der Waals surface area contributed by atoms with E-state index in [0.29, 0.717) is 33.0 Å². The molecule has 0 fully saturated rings. The van der Waals surface area contributed by atoms with E-state index in [2.05, 4.69) is 31.1 Å². The third-order valence-corrected chi connectivity index (χ3v) is 2.61. The van der Waals surface area contributed by atoms with Gasteiger partial charge in [0.05, 0.1) is 44.8 Å². The van der Waals surface area contributed by atoms with Gasteiger partial charge >= 0.3 is 0 Å². The van der Waals surface area contributed by atoms with Crippen LogP contribution in [0.4, 0.5) is 0 Å². The maximum atomic E-state index is 5.56. The molecule has 1 aromatic rings. The lowest BCUT2D eigenvalue weighted by molar-refractivity contribution is -0.0435. The largest absolute Gasteiger partial charge is 0.377 e. The summed E-state index contributed by atoms with van der Waals surface area (Å²) in [6.45, 7) is 16.2. The SMILES string of the molecule is CC(C)(C)Cn1cc(COCCOCCOC(C)(C)C)nn1. The number of aromatic nitrogens is 3. The highest BCUT2D eigenvalue weighted by atomic mass is 16.5. The summed E-state index contributed by atoms with van der Waals surface area (Å²) in [7, 11) is 0. The van der Waals surface area contributed by atoms with Crippen molar-refractivity contribution in [2.24, 2.45) is 5.41 Å². The molecule has 1 aromatic heterocycles. The summed E-state index contributed by atoms with van der Waals surface area (Å²) in [5.74, 6) is 0. The van der Waals surface area contributed by atoms with Crippen LogP contribution in [0.25, 0.3) is 0 Å². The van der Waals surface area contributed by atoms with Gasteiger partial charge in [-0.2, -0.15) is 0 Å². The van der Waals surface area contributed by atoms with Crippen molar-refractivity contribution in [3.05, 3.63) is 11.9 Å². The van der Waals surface area contributed by atoms with Crippen molar-refractivity contribution in [1.82, 2.24) is 15.0 Å². The zero-order valence-corrected chi connectivity index (χ0v) is 14.9. The second-order valence-corrected chi connectivity index (χ2v) is 7.59. The highest BCUT2D eigenvalue weighted by Crippen LogP contribution is 2.15. The van der Waals surface area contributed by atoms with Gasteiger partial charge in [0.2, 0.25) is 0 Å². The molecule has 0 aliphatic carbocycles. The lowest BCUT2D eigenvalue weighted by atomic mass is 9.97. The van der Waals surface area contributed by atoms with Crippen molar-refractivity contribution in [1.29, 1.82) is 0 Å². The van der Waals surface area contributed by atoms with E-state index in [9.17, 15) is 0 Å². The van der Waals surface area contributed by atoms with Crippen molar-refractivity contribution >= 4 is 0 Å². The van der Waals surface area contributed by atoms with Crippen LogP contribution in [0.1, 0.15) is 47.2 Å². The standard InChI is InChI=1S/C16H31N3O3/c1-15(2,3)13-19-11-14(17-18-19)12-21-8-7-20-9-10-22-16(4,5)6/h11H,7-10,12-13H2,1-6H3. The lowest BCUT2D eigenvalue weighted by Crippen LogP contribution is -2.22. The molecule has 6 nitrogen and oxygen atoms in total. The molecule has 0 aliphatic rings. The normalized spacial score (nSPS) is 12.8. The van der Waals surface area contributed by atoms with Gasteiger partial charge in [-0.25, -0.2) is 0 Å². The molecular formula is C16H31N3O3. The molecule has 0 radical (unpaired) electrons. The molecule has 128 valence electrons. The van der Waals surface area contributed by atoms with E-state index in [0.717, 1.165) is 12.2 Å². The Labute approximate surface area is 134 Å². The third-order valence-electron chi connectivity index (χ3n) is 2.61. The van der Waals surface area contributed by atoms with Crippen LogP contribution in [0, 0.1) is 5.41 Å². The molecule has 6 heteroatoms. The molecule has 22 heavy (non-hydrogen) atoms. The van der Waals surface area contributed by atoms with Crippen LogP contribution in [0.15, 0.2) is 6.20 Å². The predicted octanol–water partition coefficient (Wildman–Crippen LogP) is 2.67. The molecule has 0 unspecified atom stereocenters. The Hall–Kier alpha value is -0.980. The Balaban J connectivity index is 2.05. The Morgan fingerprint density at radius 2 is 1.59 bits per heavy atom. The molecular weight excluding hydrogens is 282 g/mol. The van der Waals surface area contributed by atoms with Crippen LogP contribution in [0.5, 0.6) is 0 Å². The van der Waals surface area contributed by atoms with E-state index in [-0.39, 0.29) is 11.0 Å². The number of ether oxygens (including phenoxy) is 3. The van der Waals surface area contributed by atoms with Crippen LogP contribution in [-0.2, 0) is 27.4 Å². The Morgan fingerprint density at radius 3 is 2.23 bits per heavy atom. The maximum Gasteiger partial charge on any atom is 0.108 e. The van der Waals surface area contributed by atoms with Crippen LogP contribution in [-0.4, -0.2) is 47.0 Å². The number of nitrogens with zero attached hydrogens (tertiary/aromatic N) is 3. The molecule has 0 spiro atoms. The van der Waals surface area contributed by atoms with Crippen molar-refractivity contribution in [2.45, 2.75) is 60.3 Å². The Bertz CT molecular complexity index is 419. The molecule has 1 rings (SSSR count). The molecule has 0 saturated carbocycles. The first-order valence-electron chi connectivity index (χ1n) is 7.84. The second-order valence-electron chi connectivity index (χ2n) is 7.59. The fraction of sp³-hybridized carbons (Fsp3) is 0.875. The quantitative estimate of drug-likeness (QED) is 0.656. The summed E-state index contributed by atoms with van der Waals surface area (Å²) in [5, 5.41) is 8.20. The zero-order valence-electron chi connectivity index (χ0n) is 14.9. The van der Waals surface area contributed by atoms with E-state index in [1.807, 2.05) is 31.6 Å². The summed E-state index contributed by atoms with van der Waals surface area (Å²) in [6, 6.07) is 0. The number of rotatable bonds is 9. The first kappa shape index (κ1) is 19.1. The number of hydrogen-bond donors (Lipinski definition) is 0. The first-order valence-corrected chi connectivity index (χ1v) is 7.84. The molecule has 1 heterocycles. The zero-order chi connectivity index (χ0) is 16.6. The van der Waals surface area contributed by atoms with E-state index in [1.54, 1.807) is 0 Å². The van der Waals surface area contributed by atoms with Gasteiger partial charge < -0.3 is 14.2 Å². The van der Waals surface area contributed by atoms with E-state index < -0.39 is 0 Å². The summed E-state index contributed by atoms with van der Waals surface area (Å²) >= 11 is 0. The maximum absolute atomic E-state index is 5.56. The minimum Gasteiger partial charge on any atom is -0.377 e. The van der Waals surface area contributed by atoms with E-state index >= 15 is 0 Å². The summed E-state index contributed by atoms with van der Waals surface area (Å²) in [5.41, 5.74) is 0.924. The fourth-order valence-electron chi connectivity index (χ4n) is 1.77. The highest BCUT2D eigenvalue weighted by molar-refractivity contribution is 4.90. The topological polar surface area (TPSA) is 58.4 Å². The summed E-state index contributed by atoms with van der Waals surface area (Å²) in [4.78, 5) is 0. The lowest BCUT2D eigenvalue weighted by Gasteiger charge is -2.19. The van der Waals surface area contributed by atoms with E-state index in [1.165, 1.54) is 0 Å². The van der Waals surface area contributed by atoms with Crippen LogP contribution < -0.4 is 0 Å². The Morgan fingerprint density at radius 1 is 0.955 bits per heavy atom. The van der Waals surface area contributed by atoms with Gasteiger partial charge in [0.25, 0.3) is 0 Å². The third kappa shape index (κ3) is 9.87. The van der Waals surface area contributed by atoms with Gasteiger partial charge in [0, 0.05) is 6.54 Å². The molecule has 0 saturated heterocycles. The second kappa shape index (κ2) is 8.60. The summed E-state index contributed by atoms with van der Waals surface area (Å²) in [6.07, 6.45) is 1.93. The van der Waals surface area contributed by atoms with Crippen molar-refractivity contribution in [3.8, 4) is 0 Å². The smallest absolute Gasteiger partial charge is 0.108 e. The van der Waals surface area contributed by atoms with E-state index in [4.69, 9.17) is 14.2 Å². The first-order chi connectivity index (χ1) is 10.2. The molecule has 0 bridgehead atoms. The predicted molar refractivity (Wildman–Crippen MR) is 85.7 cm³/mol. The summed E-state index contributed by atoms with van der Waals surface area (Å²) < 4.78 is 18.4. The highest BCUT2D eigenvalue weighted by Gasteiger charge is 2.12. The minimum absolute atomic E-state index is 0.112. The van der Waals surface area contributed by atoms with Crippen molar-refractivity contribution < 1.29 is 14.2 Å². The van der Waals surface area contributed by atoms with Gasteiger partial charge in [-0.1, -0.05) is 26.0 Å². The molecule has 0 aromatic carbocycles. The van der Waals surface area contributed by atoms with Crippen LogP contribution >= 0.6 is 0 Å². The van der Waals surface area contributed by atoms with Gasteiger partial charge in [0.15, 0.2) is 0 Å². The van der Waals surface area contributed by atoms with Crippen molar-refractivity contribution in [2.75, 3.05) is 26.4 Å².